The van der Waals surface area contributed by atoms with Gasteiger partial charge in [0.05, 0.1) is 16.8 Å². The second kappa shape index (κ2) is 8.08. The number of thiophene rings is 1. The molecule has 6 heteroatoms. The zero-order chi connectivity index (χ0) is 16.8. The second-order valence-corrected chi connectivity index (χ2v) is 6.95. The lowest BCUT2D eigenvalue weighted by atomic mass is 10.2. The van der Waals surface area contributed by atoms with Gasteiger partial charge in [0.2, 0.25) is 5.13 Å². The molecule has 1 N–H and O–H groups in total. The van der Waals surface area contributed by atoms with Crippen LogP contribution in [0, 0.1) is 0 Å². The Morgan fingerprint density at radius 1 is 1.12 bits per heavy atom. The number of rotatable bonds is 7. The first-order chi connectivity index (χ1) is 11.8. The summed E-state index contributed by atoms with van der Waals surface area (Å²) in [5.41, 5.74) is 6.31. The minimum atomic E-state index is 0.800. The molecule has 0 spiro atoms. The second-order valence-electron chi connectivity index (χ2n) is 5.15. The Hall–Kier alpha value is -2.18. The Balaban J connectivity index is 1.60. The summed E-state index contributed by atoms with van der Waals surface area (Å²) in [6.07, 6.45) is 1.82. The van der Waals surface area contributed by atoms with E-state index < -0.39 is 0 Å². The molecule has 0 aliphatic carbocycles. The van der Waals surface area contributed by atoms with Gasteiger partial charge >= 0.3 is 0 Å². The van der Waals surface area contributed by atoms with Crippen molar-refractivity contribution >= 4 is 39.7 Å². The summed E-state index contributed by atoms with van der Waals surface area (Å²) in [6.45, 7) is 6.37. The number of hydrazone groups is 1. The molecule has 4 nitrogen and oxygen atoms in total. The van der Waals surface area contributed by atoms with Gasteiger partial charge in [0.25, 0.3) is 0 Å². The lowest BCUT2D eigenvalue weighted by Gasteiger charge is -2.20. The Bertz CT molecular complexity index is 772. The van der Waals surface area contributed by atoms with E-state index in [2.05, 4.69) is 70.0 Å². The zero-order valence-corrected chi connectivity index (χ0v) is 15.4. The van der Waals surface area contributed by atoms with Crippen molar-refractivity contribution in [2.75, 3.05) is 23.4 Å². The lowest BCUT2D eigenvalue weighted by molar-refractivity contribution is 0.866. The first-order valence-electron chi connectivity index (χ1n) is 7.93. The molecule has 2 aromatic heterocycles. The first kappa shape index (κ1) is 16.7. The molecule has 2 heterocycles. The van der Waals surface area contributed by atoms with Crippen LogP contribution in [0.4, 0.5) is 10.8 Å². The third kappa shape index (κ3) is 4.01. The van der Waals surface area contributed by atoms with Gasteiger partial charge in [-0.25, -0.2) is 4.98 Å². The molecule has 1 aromatic carbocycles. The maximum absolute atomic E-state index is 4.54. The van der Waals surface area contributed by atoms with Crippen molar-refractivity contribution in [3.63, 3.8) is 0 Å². The van der Waals surface area contributed by atoms with E-state index in [-0.39, 0.29) is 0 Å². The molecule has 24 heavy (non-hydrogen) atoms. The number of hydrogen-bond donors (Lipinski definition) is 1. The van der Waals surface area contributed by atoms with Crippen molar-refractivity contribution in [1.82, 2.24) is 4.98 Å². The van der Waals surface area contributed by atoms with E-state index in [4.69, 9.17) is 0 Å². The molecule has 0 fully saturated rings. The average Bonchev–Trinajstić information content (AvgIpc) is 3.28. The largest absolute Gasteiger partial charge is 0.372 e. The van der Waals surface area contributed by atoms with E-state index in [0.29, 0.717) is 0 Å². The van der Waals surface area contributed by atoms with Crippen LogP contribution in [0.25, 0.3) is 10.6 Å². The van der Waals surface area contributed by atoms with Crippen LogP contribution >= 0.6 is 22.7 Å². The fraction of sp³-hybridized carbons (Fsp3) is 0.222. The number of benzene rings is 1. The highest BCUT2D eigenvalue weighted by atomic mass is 32.1. The summed E-state index contributed by atoms with van der Waals surface area (Å²) in [4.78, 5) is 8.04. The molecule has 124 valence electrons. The van der Waals surface area contributed by atoms with Gasteiger partial charge in [-0.05, 0) is 43.0 Å². The first-order valence-corrected chi connectivity index (χ1v) is 9.69. The molecule has 0 aliphatic heterocycles. The number of nitrogens with one attached hydrogen (secondary N) is 1. The molecule has 0 saturated heterocycles. The van der Waals surface area contributed by atoms with Crippen molar-refractivity contribution in [3.8, 4) is 10.6 Å². The Kier molecular flexibility index (Phi) is 5.61. The summed E-state index contributed by atoms with van der Waals surface area (Å²) in [5, 5.41) is 9.19. The van der Waals surface area contributed by atoms with E-state index in [9.17, 15) is 0 Å². The van der Waals surface area contributed by atoms with Gasteiger partial charge < -0.3 is 4.90 Å². The highest BCUT2D eigenvalue weighted by molar-refractivity contribution is 7.15. The molecule has 0 atom stereocenters. The number of aromatic nitrogens is 1. The maximum atomic E-state index is 4.54. The predicted molar refractivity (Wildman–Crippen MR) is 107 cm³/mol. The number of thiazole rings is 1. The van der Waals surface area contributed by atoms with Crippen LogP contribution in [0.3, 0.4) is 0 Å². The molecule has 0 aliphatic rings. The Morgan fingerprint density at radius 2 is 1.92 bits per heavy atom. The quantitative estimate of drug-likeness (QED) is 0.469. The lowest BCUT2D eigenvalue weighted by Crippen LogP contribution is -2.21. The standard InChI is InChI=1S/C18H20N4S2/c1-3-22(4-2)15-9-7-14(8-10-15)12-19-21-18-20-16(13-24-18)17-6-5-11-23-17/h5-13H,3-4H2,1-2H3,(H,20,21). The highest BCUT2D eigenvalue weighted by Crippen LogP contribution is 2.28. The monoisotopic (exact) mass is 356 g/mol. The molecule has 3 rings (SSSR count). The van der Waals surface area contributed by atoms with Crippen LogP contribution in [0.15, 0.2) is 52.3 Å². The molecule has 0 bridgehead atoms. The molecule has 0 radical (unpaired) electrons. The van der Waals surface area contributed by atoms with Gasteiger partial charge in [0, 0.05) is 24.2 Å². The van der Waals surface area contributed by atoms with Crippen molar-refractivity contribution in [2.24, 2.45) is 5.10 Å². The van der Waals surface area contributed by atoms with Crippen LogP contribution in [-0.4, -0.2) is 24.3 Å². The van der Waals surface area contributed by atoms with Crippen LogP contribution in [0.2, 0.25) is 0 Å². The van der Waals surface area contributed by atoms with Crippen LogP contribution in [0.1, 0.15) is 19.4 Å². The SMILES string of the molecule is CCN(CC)c1ccc(C=NNc2nc(-c3cccs3)cs2)cc1. The molecule has 0 unspecified atom stereocenters. The van der Waals surface area contributed by atoms with Crippen LogP contribution in [0.5, 0.6) is 0 Å². The molecule has 0 saturated carbocycles. The summed E-state index contributed by atoms with van der Waals surface area (Å²) in [7, 11) is 0. The van der Waals surface area contributed by atoms with E-state index in [1.54, 1.807) is 22.7 Å². The summed E-state index contributed by atoms with van der Waals surface area (Å²) in [5.74, 6) is 0. The summed E-state index contributed by atoms with van der Waals surface area (Å²) in [6, 6.07) is 12.5. The predicted octanol–water partition coefficient (Wildman–Crippen LogP) is 5.16. The van der Waals surface area contributed by atoms with Gasteiger partial charge in [0.15, 0.2) is 0 Å². The third-order valence-corrected chi connectivity index (χ3v) is 5.31. The number of anilines is 2. The Morgan fingerprint density at radius 3 is 2.58 bits per heavy atom. The van der Waals surface area contributed by atoms with Gasteiger partial charge in [0.1, 0.15) is 0 Å². The van der Waals surface area contributed by atoms with E-state index in [0.717, 1.165) is 29.5 Å². The van der Waals surface area contributed by atoms with Crippen LogP contribution in [-0.2, 0) is 0 Å². The van der Waals surface area contributed by atoms with Crippen LogP contribution < -0.4 is 10.3 Å². The normalized spacial score (nSPS) is 11.1. The zero-order valence-electron chi connectivity index (χ0n) is 13.8. The van der Waals surface area contributed by atoms with Gasteiger partial charge in [-0.3, -0.25) is 5.43 Å². The van der Waals surface area contributed by atoms with Gasteiger partial charge in [-0.2, -0.15) is 5.10 Å². The summed E-state index contributed by atoms with van der Waals surface area (Å²) < 4.78 is 0. The minimum Gasteiger partial charge on any atom is -0.372 e. The fourth-order valence-corrected chi connectivity index (χ4v) is 3.80. The Labute approximate surface area is 150 Å². The molecule has 3 aromatic rings. The maximum Gasteiger partial charge on any atom is 0.203 e. The summed E-state index contributed by atoms with van der Waals surface area (Å²) >= 11 is 3.25. The highest BCUT2D eigenvalue weighted by Gasteiger charge is 2.04. The molecular weight excluding hydrogens is 336 g/mol. The van der Waals surface area contributed by atoms with Crippen molar-refractivity contribution in [1.29, 1.82) is 0 Å². The van der Waals surface area contributed by atoms with Gasteiger partial charge in [-0.1, -0.05) is 18.2 Å². The number of nitrogens with zero attached hydrogens (tertiary/aromatic N) is 3. The van der Waals surface area contributed by atoms with Crippen molar-refractivity contribution in [2.45, 2.75) is 13.8 Å². The molecule has 0 amide bonds. The number of hydrogen-bond acceptors (Lipinski definition) is 6. The van der Waals surface area contributed by atoms with Crippen molar-refractivity contribution < 1.29 is 0 Å². The van der Waals surface area contributed by atoms with E-state index in [1.807, 2.05) is 17.7 Å². The smallest absolute Gasteiger partial charge is 0.203 e. The van der Waals surface area contributed by atoms with E-state index >= 15 is 0 Å². The van der Waals surface area contributed by atoms with Gasteiger partial charge in [-0.15, -0.1) is 22.7 Å². The van der Waals surface area contributed by atoms with E-state index in [1.165, 1.54) is 10.6 Å². The average molecular weight is 357 g/mol. The van der Waals surface area contributed by atoms with Crippen molar-refractivity contribution in [3.05, 3.63) is 52.7 Å². The third-order valence-electron chi connectivity index (χ3n) is 3.67. The minimum absolute atomic E-state index is 0.800. The fourth-order valence-electron chi connectivity index (χ4n) is 2.38. The molecular formula is C18H20N4S2. The topological polar surface area (TPSA) is 40.5 Å².